The van der Waals surface area contributed by atoms with E-state index in [1.54, 1.807) is 6.07 Å². The van der Waals surface area contributed by atoms with E-state index >= 15 is 0 Å². The maximum Gasteiger partial charge on any atom is 0.360 e. The van der Waals surface area contributed by atoms with Gasteiger partial charge in [0, 0.05) is 22.3 Å². The number of hydrogen-bond donors (Lipinski definition) is 4. The fourth-order valence-corrected chi connectivity index (χ4v) is 11.7. The van der Waals surface area contributed by atoms with Crippen LogP contribution in [-0.2, 0) is 18.9 Å². The molecule has 0 saturated carbocycles. The van der Waals surface area contributed by atoms with Gasteiger partial charge >= 0.3 is 23.9 Å². The van der Waals surface area contributed by atoms with E-state index in [9.17, 15) is 67.5 Å². The van der Waals surface area contributed by atoms with Gasteiger partial charge in [0.15, 0.2) is 80.7 Å². The number of esters is 4. The largest absolute Gasteiger partial charge is 0.492 e. The normalized spacial score (nSPS) is 11.0. The number of carbonyl (C=O) groups is 4. The Morgan fingerprint density at radius 3 is 0.979 bits per heavy atom. The molecule has 0 bridgehead atoms. The van der Waals surface area contributed by atoms with Crippen LogP contribution in [0.15, 0.2) is 63.5 Å². The number of nitrogen functional groups attached to an aromatic ring is 4. The van der Waals surface area contributed by atoms with Crippen molar-refractivity contribution < 1.29 is 105 Å². The van der Waals surface area contributed by atoms with Gasteiger partial charge in [0.05, 0.1) is 82.0 Å². The average Bonchev–Trinajstić information content (AvgIpc) is 0.790. The summed E-state index contributed by atoms with van der Waals surface area (Å²) in [7, 11) is 5.18. The average molecular weight is 1530 g/mol. The van der Waals surface area contributed by atoms with Crippen LogP contribution in [0.3, 0.4) is 0 Å². The maximum absolute atomic E-state index is 14.6. The van der Waals surface area contributed by atoms with Gasteiger partial charge in [0.1, 0.15) is 74.6 Å². The molecule has 0 atom stereocenters. The van der Waals surface area contributed by atoms with Crippen LogP contribution >= 0.6 is 31.9 Å². The molecule has 0 spiro atoms. The van der Waals surface area contributed by atoms with E-state index < -0.39 is 178 Å². The number of benzene rings is 4. The van der Waals surface area contributed by atoms with E-state index in [4.69, 9.17) is 41.9 Å². The molecule has 0 amide bonds. The molecule has 97 heavy (non-hydrogen) atoms. The molecular formula is C62H59Br2F11N8O12Si2. The number of aromatic nitrogens is 4. The predicted octanol–water partition coefficient (Wildman–Crippen LogP) is 12.6. The highest BCUT2D eigenvalue weighted by atomic mass is 79.9. The van der Waals surface area contributed by atoms with Gasteiger partial charge in [-0.1, -0.05) is 50.5 Å². The summed E-state index contributed by atoms with van der Waals surface area (Å²) in [5, 5.41) is 1.14. The smallest absolute Gasteiger partial charge is 0.360 e. The van der Waals surface area contributed by atoms with Crippen LogP contribution in [-0.4, -0.2) is 117 Å². The van der Waals surface area contributed by atoms with Crippen molar-refractivity contribution in [2.24, 2.45) is 0 Å². The van der Waals surface area contributed by atoms with Gasteiger partial charge in [-0.05, 0) is 85.6 Å². The first-order chi connectivity index (χ1) is 45.3. The molecule has 4 aromatic carbocycles. The highest BCUT2D eigenvalue weighted by Gasteiger charge is 2.33. The number of anilines is 4. The van der Waals surface area contributed by atoms with Gasteiger partial charge in [-0.25, -0.2) is 87.4 Å². The van der Waals surface area contributed by atoms with E-state index in [0.717, 1.165) is 78.2 Å². The molecule has 4 aromatic heterocycles. The van der Waals surface area contributed by atoms with Crippen LogP contribution in [0, 0.1) is 64.0 Å². The molecule has 35 heteroatoms. The highest BCUT2D eigenvalue weighted by Crippen LogP contribution is 2.41. The Morgan fingerprint density at radius 1 is 0.351 bits per heavy atom. The molecule has 8 rings (SSSR count). The van der Waals surface area contributed by atoms with E-state index in [1.807, 2.05) is 19.6 Å². The van der Waals surface area contributed by atoms with Crippen molar-refractivity contribution in [3.8, 4) is 68.0 Å². The lowest BCUT2D eigenvalue weighted by atomic mass is 10.1. The Kier molecular flexibility index (Phi) is 25.7. The minimum absolute atomic E-state index is 0.0843. The molecule has 0 unspecified atom stereocenters. The van der Waals surface area contributed by atoms with Crippen molar-refractivity contribution in [3.05, 3.63) is 150 Å². The number of pyridine rings is 4. The number of carbonyl (C=O) groups excluding carboxylic acids is 4. The number of halogens is 13. The first-order valence-corrected chi connectivity index (χ1v) is 35.9. The molecule has 0 aliphatic carbocycles. The Bertz CT molecular complexity index is 4340. The first kappa shape index (κ1) is 78.1. The van der Waals surface area contributed by atoms with E-state index in [2.05, 4.69) is 90.4 Å². The van der Waals surface area contributed by atoms with Crippen molar-refractivity contribution >= 4 is 105 Å². The number of nitrogens with zero attached hydrogens (tertiary/aromatic N) is 4. The van der Waals surface area contributed by atoms with Gasteiger partial charge in [-0.3, -0.25) is 0 Å². The zero-order valence-electron chi connectivity index (χ0n) is 53.6. The Labute approximate surface area is 565 Å². The molecule has 4 heterocycles. The summed E-state index contributed by atoms with van der Waals surface area (Å²) in [5.41, 5.74) is 15.0. The van der Waals surface area contributed by atoms with Gasteiger partial charge in [0.25, 0.3) is 0 Å². The predicted molar refractivity (Wildman–Crippen MR) is 349 cm³/mol. The first-order valence-electron chi connectivity index (χ1n) is 27.3. The summed E-state index contributed by atoms with van der Waals surface area (Å²) in [6, 6.07) is 10.3. The van der Waals surface area contributed by atoms with Crippen LogP contribution in [0.25, 0.3) is 45.0 Å². The summed E-state index contributed by atoms with van der Waals surface area (Å²) in [5.74, 6) is -15.9. The van der Waals surface area contributed by atoms with Gasteiger partial charge < -0.3 is 60.8 Å². The second kappa shape index (κ2) is 32.0. The SMILES string of the molecule is COC(=O)c1nc(-c2cc(F)c(Br)cc2F)c(F)c(N)c1OC.COC(=O)c1nc(-c2cc(F)c([Si](C)(C)C)cc2F)c(F)c(N)c1OC.COC(=O)c1nc(-c2ccc(Br)c(F)c2F)c(F)c(N)c1OC.COC(=O)c1nc(-c2ccc([Si](C)(C)C)cc2F)c(F)c(N)c1OC. The molecule has 0 aliphatic heterocycles. The Balaban J connectivity index is 0.000000234. The van der Waals surface area contributed by atoms with Crippen molar-refractivity contribution in [2.45, 2.75) is 39.3 Å². The third kappa shape index (κ3) is 16.6. The summed E-state index contributed by atoms with van der Waals surface area (Å²) in [4.78, 5) is 62.3. The molecule has 20 nitrogen and oxygen atoms in total. The standard InChI is InChI=1S/C17H19F3N2O3Si.C17H20F2N2O3Si.2C14H10BrF3N2O3/c1-24-16-13(21)12(20)14(22-15(16)17(23)25-2)8-6-10(19)11(7-9(8)18)26(3,4)5;1-23-16-13(20)12(19)14(21-15(16)17(22)24-2)10-7-6-9(8-11(10)18)25(3,4)5;1-22-13-10(19)9(18)11(20-12(13)14(21)23-2)5-3-8(17)6(15)4-7(5)16;1-22-13-10(19)9(18)11(20-12(13)14(21)23-2)5-3-4-6(15)8(17)7(5)16/h6-7H,1-5H3,(H2,21,22);6-8H,1-5H3,(H2,20,21);2*3-4H,1-2H3,(H2,19,20). The van der Waals surface area contributed by atoms with Crippen LogP contribution < -0.4 is 52.3 Å². The van der Waals surface area contributed by atoms with Gasteiger partial charge in [0.2, 0.25) is 0 Å². The number of nitrogens with two attached hydrogens (primary N) is 4. The van der Waals surface area contributed by atoms with Gasteiger partial charge in [-0.15, -0.1) is 0 Å². The topological polar surface area (TPSA) is 298 Å². The molecule has 518 valence electrons. The second-order valence-corrected chi connectivity index (χ2v) is 33.5. The lowest BCUT2D eigenvalue weighted by molar-refractivity contribution is 0.0581. The van der Waals surface area contributed by atoms with Crippen molar-refractivity contribution in [1.82, 2.24) is 19.9 Å². The molecule has 0 aliphatic rings. The minimum atomic E-state index is -2.15. The summed E-state index contributed by atoms with van der Waals surface area (Å²) < 4.78 is 195. The zero-order valence-corrected chi connectivity index (χ0v) is 58.8. The van der Waals surface area contributed by atoms with Crippen LogP contribution in [0.2, 0.25) is 39.3 Å². The lowest BCUT2D eigenvalue weighted by Gasteiger charge is -2.19. The van der Waals surface area contributed by atoms with Crippen molar-refractivity contribution in [2.75, 3.05) is 79.8 Å². The van der Waals surface area contributed by atoms with Crippen molar-refractivity contribution in [3.63, 3.8) is 0 Å². The number of rotatable bonds is 14. The monoisotopic (exact) mass is 1530 g/mol. The van der Waals surface area contributed by atoms with E-state index in [1.165, 1.54) is 32.4 Å². The molecular weight excluding hydrogens is 1470 g/mol. The number of methoxy groups -OCH3 is 8. The number of hydrogen-bond acceptors (Lipinski definition) is 20. The van der Waals surface area contributed by atoms with Crippen molar-refractivity contribution in [1.29, 1.82) is 0 Å². The van der Waals surface area contributed by atoms with E-state index in [-0.39, 0.29) is 54.1 Å². The van der Waals surface area contributed by atoms with Gasteiger partial charge in [-0.2, -0.15) is 0 Å². The zero-order chi connectivity index (χ0) is 73.4. The summed E-state index contributed by atoms with van der Waals surface area (Å²) >= 11 is 5.62. The maximum atomic E-state index is 14.6. The summed E-state index contributed by atoms with van der Waals surface area (Å²) in [6.45, 7) is 11.8. The van der Waals surface area contributed by atoms with Crippen LogP contribution in [0.4, 0.5) is 71.0 Å². The third-order valence-corrected chi connectivity index (χ3v) is 18.9. The number of ether oxygens (including phenoxy) is 8. The fourth-order valence-electron chi connectivity index (χ4n) is 8.64. The fraction of sp³-hybridized carbons (Fsp3) is 0.226. The molecule has 8 N–H and O–H groups in total. The molecule has 0 radical (unpaired) electrons. The summed E-state index contributed by atoms with van der Waals surface area (Å²) in [6.07, 6.45) is 0. The van der Waals surface area contributed by atoms with Crippen LogP contribution in [0.5, 0.6) is 23.0 Å². The van der Waals surface area contributed by atoms with E-state index in [0.29, 0.717) is 0 Å². The molecule has 8 aromatic rings. The van der Waals surface area contributed by atoms with Crippen LogP contribution in [0.1, 0.15) is 42.0 Å². The lowest BCUT2D eigenvalue weighted by Crippen LogP contribution is -2.40. The third-order valence-electron chi connectivity index (χ3n) is 13.6. The molecule has 0 fully saturated rings. The Hall–Kier alpha value is -9.62. The minimum Gasteiger partial charge on any atom is -0.492 e. The quantitative estimate of drug-likeness (QED) is 0.0196. The second-order valence-electron chi connectivity index (χ2n) is 21.7. The highest BCUT2D eigenvalue weighted by molar-refractivity contribution is 9.10. The Morgan fingerprint density at radius 2 is 0.660 bits per heavy atom. The molecule has 0 saturated heterocycles.